The third kappa shape index (κ3) is 4.34. The van der Waals surface area contributed by atoms with Crippen molar-refractivity contribution < 1.29 is 5.11 Å². The van der Waals surface area contributed by atoms with Crippen molar-refractivity contribution >= 4 is 17.3 Å². The van der Waals surface area contributed by atoms with Crippen LogP contribution in [0.15, 0.2) is 4.99 Å². The number of aliphatic hydroxyl groups is 1. The first-order valence-corrected chi connectivity index (χ1v) is 10.4. The molecule has 1 aromatic rings. The van der Waals surface area contributed by atoms with Crippen LogP contribution in [0.3, 0.4) is 0 Å². The average Bonchev–Trinajstić information content (AvgIpc) is 3.00. The van der Waals surface area contributed by atoms with Gasteiger partial charge in [-0.1, -0.05) is 19.8 Å². The molecule has 0 saturated heterocycles. The summed E-state index contributed by atoms with van der Waals surface area (Å²) in [5.74, 6) is 0.882. The quantitative estimate of drug-likeness (QED) is 0.637. The highest BCUT2D eigenvalue weighted by Crippen LogP contribution is 2.35. The van der Waals surface area contributed by atoms with Crippen molar-refractivity contribution in [2.45, 2.75) is 70.9 Å². The van der Waals surface area contributed by atoms with Gasteiger partial charge in [0, 0.05) is 30.9 Å². The average molecular weight is 365 g/mol. The molecule has 6 heteroatoms. The molecule has 0 aliphatic heterocycles. The molecule has 2 atom stereocenters. The molecule has 1 aromatic heterocycles. The number of aryl methyl sites for hydroxylation is 2. The van der Waals surface area contributed by atoms with Gasteiger partial charge in [0.15, 0.2) is 5.96 Å². The molecule has 0 bridgehead atoms. The monoisotopic (exact) mass is 364 g/mol. The fraction of sp³-hybridized carbons (Fsp3) is 0.789. The zero-order valence-corrected chi connectivity index (χ0v) is 16.7. The van der Waals surface area contributed by atoms with E-state index in [0.717, 1.165) is 44.7 Å². The second kappa shape index (κ2) is 8.04. The van der Waals surface area contributed by atoms with Crippen LogP contribution in [0.5, 0.6) is 0 Å². The van der Waals surface area contributed by atoms with E-state index in [1.807, 2.05) is 18.4 Å². The summed E-state index contributed by atoms with van der Waals surface area (Å²) in [4.78, 5) is 12.9. The number of aromatic nitrogens is 1. The minimum absolute atomic E-state index is 0.0602. The van der Waals surface area contributed by atoms with Crippen molar-refractivity contribution in [1.29, 1.82) is 0 Å². The van der Waals surface area contributed by atoms with E-state index in [4.69, 9.17) is 4.98 Å². The van der Waals surface area contributed by atoms with E-state index in [9.17, 15) is 5.11 Å². The van der Waals surface area contributed by atoms with E-state index in [-0.39, 0.29) is 11.5 Å². The molecule has 3 rings (SSSR count). The second-order valence-electron chi connectivity index (χ2n) is 7.86. The summed E-state index contributed by atoms with van der Waals surface area (Å²) >= 11 is 1.86. The van der Waals surface area contributed by atoms with Gasteiger partial charge in [-0.3, -0.25) is 4.99 Å². The fourth-order valence-corrected chi connectivity index (χ4v) is 5.21. The Morgan fingerprint density at radius 3 is 2.88 bits per heavy atom. The molecule has 140 valence electrons. The lowest BCUT2D eigenvalue weighted by Crippen LogP contribution is -2.48. The summed E-state index contributed by atoms with van der Waals surface area (Å²) < 4.78 is 0. The smallest absolute Gasteiger partial charge is 0.193 e. The molecule has 2 aliphatic rings. The van der Waals surface area contributed by atoms with E-state index in [1.165, 1.54) is 41.3 Å². The van der Waals surface area contributed by atoms with Crippen molar-refractivity contribution in [1.82, 2.24) is 15.2 Å². The van der Waals surface area contributed by atoms with Crippen molar-refractivity contribution in [2.75, 3.05) is 20.6 Å². The zero-order chi connectivity index (χ0) is 17.9. The van der Waals surface area contributed by atoms with E-state index in [2.05, 4.69) is 29.2 Å². The molecule has 0 amide bonds. The highest BCUT2D eigenvalue weighted by atomic mass is 32.1. The summed E-state index contributed by atoms with van der Waals surface area (Å²) in [5, 5.41) is 15.0. The number of nitrogens with one attached hydrogen (secondary N) is 1. The Morgan fingerprint density at radius 2 is 2.16 bits per heavy atom. The van der Waals surface area contributed by atoms with Crippen LogP contribution in [0, 0.1) is 5.41 Å². The van der Waals surface area contributed by atoms with Gasteiger partial charge in [0.1, 0.15) is 5.01 Å². The Labute approximate surface area is 155 Å². The summed E-state index contributed by atoms with van der Waals surface area (Å²) in [6, 6.07) is 0. The number of aliphatic imine (C=N–C) groups is 1. The maximum absolute atomic E-state index is 10.4. The molecule has 0 aromatic carbocycles. The van der Waals surface area contributed by atoms with Gasteiger partial charge in [-0.15, -0.1) is 11.3 Å². The van der Waals surface area contributed by atoms with E-state index >= 15 is 0 Å². The molecule has 25 heavy (non-hydrogen) atoms. The standard InChI is InChI=1S/C19H32N4OS/c1-19(11-7-6-10-16(19)24)13-21-18(20-2)23(3)12-17-22-14-8-4-5-9-15(14)25-17/h16,24H,4-13H2,1-3H3,(H,20,21). The highest BCUT2D eigenvalue weighted by molar-refractivity contribution is 7.11. The van der Waals surface area contributed by atoms with Crippen LogP contribution in [-0.4, -0.2) is 47.7 Å². The molecule has 0 spiro atoms. The third-order valence-electron chi connectivity index (χ3n) is 5.77. The predicted octanol–water partition coefficient (Wildman–Crippen LogP) is 2.97. The molecule has 1 fully saturated rings. The molecule has 5 nitrogen and oxygen atoms in total. The number of hydrogen-bond acceptors (Lipinski definition) is 4. The largest absolute Gasteiger partial charge is 0.392 e. The molecule has 2 aliphatic carbocycles. The molecule has 1 heterocycles. The van der Waals surface area contributed by atoms with Gasteiger partial charge < -0.3 is 15.3 Å². The van der Waals surface area contributed by atoms with Crippen LogP contribution in [-0.2, 0) is 19.4 Å². The van der Waals surface area contributed by atoms with Crippen molar-refractivity contribution in [3.63, 3.8) is 0 Å². The van der Waals surface area contributed by atoms with Crippen LogP contribution >= 0.6 is 11.3 Å². The summed E-state index contributed by atoms with van der Waals surface area (Å²) in [5.41, 5.74) is 1.26. The van der Waals surface area contributed by atoms with Crippen molar-refractivity contribution in [3.05, 3.63) is 15.6 Å². The van der Waals surface area contributed by atoms with Gasteiger partial charge in [0.05, 0.1) is 18.3 Å². The molecular weight excluding hydrogens is 332 g/mol. The first-order valence-electron chi connectivity index (χ1n) is 9.59. The summed E-state index contributed by atoms with van der Waals surface area (Å²) in [6.45, 7) is 3.74. The number of rotatable bonds is 4. The molecule has 2 N–H and O–H groups in total. The third-order valence-corrected chi connectivity index (χ3v) is 6.91. The predicted molar refractivity (Wildman–Crippen MR) is 104 cm³/mol. The van der Waals surface area contributed by atoms with Crippen LogP contribution < -0.4 is 5.32 Å². The first kappa shape index (κ1) is 18.6. The Kier molecular flexibility index (Phi) is 6.00. The fourth-order valence-electron chi connectivity index (χ4n) is 4.00. The number of guanidine groups is 1. The lowest BCUT2D eigenvalue weighted by atomic mass is 9.73. The lowest BCUT2D eigenvalue weighted by molar-refractivity contribution is 0.00369. The molecule has 2 unspecified atom stereocenters. The topological polar surface area (TPSA) is 60.8 Å². The zero-order valence-electron chi connectivity index (χ0n) is 15.8. The SMILES string of the molecule is CN=C(NCC1(C)CCCCC1O)N(C)Cc1nc2c(s1)CCCC2. The van der Waals surface area contributed by atoms with Gasteiger partial charge in [-0.2, -0.15) is 0 Å². The minimum atomic E-state index is -0.220. The molecule has 1 saturated carbocycles. The maximum Gasteiger partial charge on any atom is 0.193 e. The van der Waals surface area contributed by atoms with Crippen LogP contribution in [0.25, 0.3) is 0 Å². The highest BCUT2D eigenvalue weighted by Gasteiger charge is 2.35. The van der Waals surface area contributed by atoms with Crippen LogP contribution in [0.2, 0.25) is 0 Å². The number of thiazole rings is 1. The Morgan fingerprint density at radius 1 is 1.36 bits per heavy atom. The van der Waals surface area contributed by atoms with E-state index in [1.54, 1.807) is 0 Å². The molecular formula is C19H32N4OS. The van der Waals surface area contributed by atoms with E-state index in [0.29, 0.717) is 0 Å². The van der Waals surface area contributed by atoms with Crippen molar-refractivity contribution in [3.8, 4) is 0 Å². The number of fused-ring (bicyclic) bond motifs is 1. The van der Waals surface area contributed by atoms with Crippen LogP contribution in [0.1, 0.15) is 61.0 Å². The lowest BCUT2D eigenvalue weighted by Gasteiger charge is -2.39. The maximum atomic E-state index is 10.4. The first-order chi connectivity index (χ1) is 12.0. The summed E-state index contributed by atoms with van der Waals surface area (Å²) in [7, 11) is 3.89. The van der Waals surface area contributed by atoms with Gasteiger partial charge in [0.25, 0.3) is 0 Å². The molecule has 0 radical (unpaired) electrons. The second-order valence-corrected chi connectivity index (χ2v) is 9.03. The van der Waals surface area contributed by atoms with Gasteiger partial charge >= 0.3 is 0 Å². The minimum Gasteiger partial charge on any atom is -0.392 e. The van der Waals surface area contributed by atoms with Crippen molar-refractivity contribution in [2.24, 2.45) is 10.4 Å². The number of hydrogen-bond donors (Lipinski definition) is 2. The number of aliphatic hydroxyl groups excluding tert-OH is 1. The van der Waals surface area contributed by atoms with Gasteiger partial charge in [-0.05, 0) is 38.5 Å². The Hall–Kier alpha value is -1.14. The van der Waals surface area contributed by atoms with Gasteiger partial charge in [0.2, 0.25) is 0 Å². The van der Waals surface area contributed by atoms with Gasteiger partial charge in [-0.25, -0.2) is 4.98 Å². The Balaban J connectivity index is 1.58. The Bertz CT molecular complexity index is 591. The van der Waals surface area contributed by atoms with E-state index < -0.39 is 0 Å². The summed E-state index contributed by atoms with van der Waals surface area (Å²) in [6.07, 6.45) is 9.01. The normalized spacial score (nSPS) is 27.0. The number of nitrogens with zero attached hydrogens (tertiary/aromatic N) is 3. The van der Waals surface area contributed by atoms with Crippen LogP contribution in [0.4, 0.5) is 0 Å².